The van der Waals surface area contributed by atoms with Gasteiger partial charge in [0, 0.05) is 25.9 Å². The average molecular weight is 235 g/mol. The monoisotopic (exact) mass is 234 g/mol. The van der Waals surface area contributed by atoms with E-state index in [0.717, 1.165) is 5.75 Å². The maximum absolute atomic E-state index is 3.66. The Bertz CT molecular complexity index is 217. The molecule has 0 saturated carbocycles. The lowest BCUT2D eigenvalue weighted by Gasteiger charge is -1.92. The van der Waals surface area contributed by atoms with Crippen molar-refractivity contribution in [1.82, 2.24) is 0 Å². The highest BCUT2D eigenvalue weighted by Crippen LogP contribution is 2.30. The summed E-state index contributed by atoms with van der Waals surface area (Å²) in [7, 11) is 0. The maximum atomic E-state index is 3.66. The van der Waals surface area contributed by atoms with Gasteiger partial charge >= 0.3 is 0 Å². The van der Waals surface area contributed by atoms with E-state index in [1.54, 1.807) is 23.1 Å². The summed E-state index contributed by atoms with van der Waals surface area (Å²) in [6.45, 7) is 3.66. The molecule has 0 N–H and O–H groups in total. The van der Waals surface area contributed by atoms with Crippen molar-refractivity contribution in [2.75, 3.05) is 5.75 Å². The molecular formula is C7H7BrS2. The first-order valence-corrected chi connectivity index (χ1v) is 5.52. The van der Waals surface area contributed by atoms with E-state index in [9.17, 15) is 0 Å². The minimum absolute atomic E-state index is 0.981. The average Bonchev–Trinajstić information content (AvgIpc) is 2.31. The molecule has 0 aliphatic heterocycles. The van der Waals surface area contributed by atoms with Crippen LogP contribution in [0.25, 0.3) is 0 Å². The van der Waals surface area contributed by atoms with Crippen molar-refractivity contribution in [3.8, 4) is 0 Å². The van der Waals surface area contributed by atoms with Crippen molar-refractivity contribution in [3.05, 3.63) is 27.9 Å². The molecule has 0 unspecified atom stereocenters. The van der Waals surface area contributed by atoms with Gasteiger partial charge in [-0.15, -0.1) is 18.3 Å². The minimum atomic E-state index is 0.981. The summed E-state index contributed by atoms with van der Waals surface area (Å²) >= 11 is 6.97. The number of thiophene rings is 1. The summed E-state index contributed by atoms with van der Waals surface area (Å²) in [5.74, 6) is 0.981. The van der Waals surface area contributed by atoms with Gasteiger partial charge in [-0.2, -0.15) is 11.3 Å². The van der Waals surface area contributed by atoms with Gasteiger partial charge in [0.1, 0.15) is 0 Å². The third-order valence-electron chi connectivity index (χ3n) is 0.939. The molecule has 0 aliphatic rings. The molecule has 1 aromatic heterocycles. The van der Waals surface area contributed by atoms with Crippen molar-refractivity contribution < 1.29 is 0 Å². The molecule has 0 atom stereocenters. The molecule has 0 aromatic carbocycles. The molecule has 10 heavy (non-hydrogen) atoms. The first kappa shape index (κ1) is 8.37. The molecule has 0 fully saturated rings. The van der Waals surface area contributed by atoms with Crippen LogP contribution in [0.2, 0.25) is 0 Å². The summed E-state index contributed by atoms with van der Waals surface area (Å²) < 4.78 is 1.20. The van der Waals surface area contributed by atoms with Crippen LogP contribution in [-0.2, 0) is 0 Å². The Kier molecular flexibility index (Phi) is 3.52. The predicted octanol–water partition coefficient (Wildman–Crippen LogP) is 3.79. The highest BCUT2D eigenvalue weighted by Gasteiger charge is 1.98. The SMILES string of the molecule is C=CCSc1cscc1Br. The molecule has 0 aliphatic carbocycles. The molecule has 1 rings (SSSR count). The Morgan fingerprint density at radius 3 is 3.00 bits per heavy atom. The highest BCUT2D eigenvalue weighted by molar-refractivity contribution is 9.10. The zero-order valence-electron chi connectivity index (χ0n) is 5.34. The van der Waals surface area contributed by atoms with Gasteiger partial charge in [0.05, 0.1) is 0 Å². The molecule has 0 nitrogen and oxygen atoms in total. The Morgan fingerprint density at radius 1 is 1.70 bits per heavy atom. The maximum Gasteiger partial charge on any atom is 0.0418 e. The highest BCUT2D eigenvalue weighted by atomic mass is 79.9. The summed E-state index contributed by atoms with van der Waals surface area (Å²) in [6, 6.07) is 0. The zero-order chi connectivity index (χ0) is 7.40. The van der Waals surface area contributed by atoms with Crippen LogP contribution in [-0.4, -0.2) is 5.75 Å². The predicted molar refractivity (Wildman–Crippen MR) is 52.9 cm³/mol. The fourth-order valence-electron chi connectivity index (χ4n) is 0.522. The lowest BCUT2D eigenvalue weighted by Crippen LogP contribution is -1.67. The van der Waals surface area contributed by atoms with E-state index in [2.05, 4.69) is 33.3 Å². The molecule has 0 bridgehead atoms. The number of hydrogen-bond donors (Lipinski definition) is 0. The second-order valence-electron chi connectivity index (χ2n) is 1.68. The summed E-state index contributed by atoms with van der Waals surface area (Å²) in [5, 5.41) is 4.23. The van der Waals surface area contributed by atoms with Crippen LogP contribution in [0.4, 0.5) is 0 Å². The van der Waals surface area contributed by atoms with E-state index in [1.807, 2.05) is 6.08 Å². The van der Waals surface area contributed by atoms with Crippen LogP contribution in [0.3, 0.4) is 0 Å². The first-order valence-electron chi connectivity index (χ1n) is 2.80. The molecule has 1 aromatic rings. The lowest BCUT2D eigenvalue weighted by molar-refractivity contribution is 1.52. The van der Waals surface area contributed by atoms with Crippen LogP contribution < -0.4 is 0 Å². The fourth-order valence-corrected chi connectivity index (χ4v) is 3.03. The Morgan fingerprint density at radius 2 is 2.50 bits per heavy atom. The van der Waals surface area contributed by atoms with Gasteiger partial charge in [-0.05, 0) is 15.9 Å². The smallest absolute Gasteiger partial charge is 0.0418 e. The van der Waals surface area contributed by atoms with Crippen LogP contribution in [0, 0.1) is 0 Å². The van der Waals surface area contributed by atoms with Crippen molar-refractivity contribution in [3.63, 3.8) is 0 Å². The lowest BCUT2D eigenvalue weighted by atomic mass is 10.7. The summed E-state index contributed by atoms with van der Waals surface area (Å²) in [5.41, 5.74) is 0. The van der Waals surface area contributed by atoms with Gasteiger partial charge < -0.3 is 0 Å². The Balaban J connectivity index is 2.56. The molecule has 0 amide bonds. The molecule has 3 heteroatoms. The largest absolute Gasteiger partial charge is 0.150 e. The van der Waals surface area contributed by atoms with E-state index in [4.69, 9.17) is 0 Å². The van der Waals surface area contributed by atoms with Gasteiger partial charge in [0.2, 0.25) is 0 Å². The molecule has 1 heterocycles. The van der Waals surface area contributed by atoms with Crippen molar-refractivity contribution in [1.29, 1.82) is 0 Å². The summed E-state index contributed by atoms with van der Waals surface area (Å²) in [6.07, 6.45) is 1.91. The van der Waals surface area contributed by atoms with E-state index < -0.39 is 0 Å². The Hall–Kier alpha value is 0.270. The minimum Gasteiger partial charge on any atom is -0.150 e. The number of thioether (sulfide) groups is 1. The van der Waals surface area contributed by atoms with Gasteiger partial charge in [0.25, 0.3) is 0 Å². The Labute approximate surface area is 77.5 Å². The number of halogens is 1. The van der Waals surface area contributed by atoms with Crippen LogP contribution in [0.5, 0.6) is 0 Å². The third kappa shape index (κ3) is 2.15. The second-order valence-corrected chi connectivity index (χ2v) is 4.34. The van der Waals surface area contributed by atoms with Crippen molar-refractivity contribution in [2.24, 2.45) is 0 Å². The van der Waals surface area contributed by atoms with E-state index in [-0.39, 0.29) is 0 Å². The van der Waals surface area contributed by atoms with Crippen molar-refractivity contribution >= 4 is 39.0 Å². The topological polar surface area (TPSA) is 0 Å². The normalized spacial score (nSPS) is 9.70. The van der Waals surface area contributed by atoms with Gasteiger partial charge in [-0.1, -0.05) is 6.08 Å². The fraction of sp³-hybridized carbons (Fsp3) is 0.143. The van der Waals surface area contributed by atoms with E-state index in [0.29, 0.717) is 0 Å². The van der Waals surface area contributed by atoms with Crippen LogP contribution in [0.1, 0.15) is 0 Å². The standard InChI is InChI=1S/C7H7BrS2/c1-2-3-10-7-5-9-4-6(7)8/h2,4-5H,1,3H2. The summed E-state index contributed by atoms with van der Waals surface area (Å²) in [4.78, 5) is 1.31. The van der Waals surface area contributed by atoms with Crippen LogP contribution >= 0.6 is 39.0 Å². The molecule has 0 spiro atoms. The molecule has 0 saturated heterocycles. The van der Waals surface area contributed by atoms with Gasteiger partial charge in [0.15, 0.2) is 0 Å². The van der Waals surface area contributed by atoms with Crippen molar-refractivity contribution in [2.45, 2.75) is 4.90 Å². The molecular weight excluding hydrogens is 228 g/mol. The molecule has 54 valence electrons. The number of rotatable bonds is 3. The molecule has 0 radical (unpaired) electrons. The van der Waals surface area contributed by atoms with E-state index in [1.165, 1.54) is 9.37 Å². The second kappa shape index (κ2) is 4.21. The third-order valence-corrected chi connectivity index (χ3v) is 4.10. The zero-order valence-corrected chi connectivity index (χ0v) is 8.56. The van der Waals surface area contributed by atoms with Crippen LogP contribution in [0.15, 0.2) is 32.8 Å². The number of hydrogen-bond acceptors (Lipinski definition) is 2. The van der Waals surface area contributed by atoms with Gasteiger partial charge in [-0.25, -0.2) is 0 Å². The van der Waals surface area contributed by atoms with E-state index >= 15 is 0 Å². The first-order chi connectivity index (χ1) is 4.84. The quantitative estimate of drug-likeness (QED) is 0.567. The van der Waals surface area contributed by atoms with Gasteiger partial charge in [-0.3, -0.25) is 0 Å².